The van der Waals surface area contributed by atoms with E-state index in [1.54, 1.807) is 6.07 Å². The summed E-state index contributed by atoms with van der Waals surface area (Å²) < 4.78 is 43.3. The SMILES string of the molecule is CCOCCNC(=O)C1=Cc2c(ncnc2Nc2ccc(OC3CCN(C(=O)C4CCCC4)CC3)c(Cl)c2)NCC1.O=C(O)C(F)(F)F. The quantitative estimate of drug-likeness (QED) is 0.237. The van der Waals surface area contributed by atoms with Crippen LogP contribution < -0.4 is 20.7 Å². The zero-order valence-corrected chi connectivity index (χ0v) is 27.3. The van der Waals surface area contributed by atoms with Gasteiger partial charge in [0.25, 0.3) is 0 Å². The number of carboxylic acids is 1. The Morgan fingerprint density at radius 1 is 1.12 bits per heavy atom. The van der Waals surface area contributed by atoms with E-state index >= 15 is 0 Å². The largest absolute Gasteiger partial charge is 0.490 e. The number of likely N-dealkylation sites (tertiary alicyclic amines) is 1. The maximum Gasteiger partial charge on any atom is 0.490 e. The van der Waals surface area contributed by atoms with Crippen molar-refractivity contribution in [2.75, 3.05) is 50.0 Å². The number of amides is 2. The third kappa shape index (κ3) is 10.4. The molecule has 2 aromatic rings. The first-order valence-corrected chi connectivity index (χ1v) is 16.3. The van der Waals surface area contributed by atoms with Gasteiger partial charge in [-0.3, -0.25) is 9.59 Å². The molecule has 0 atom stereocenters. The van der Waals surface area contributed by atoms with Crippen LogP contribution in [0, 0.1) is 5.92 Å². The second-order valence-electron chi connectivity index (χ2n) is 11.5. The number of ether oxygens (including phenoxy) is 2. The number of rotatable bonds is 10. The normalized spacial score (nSPS) is 16.8. The van der Waals surface area contributed by atoms with E-state index in [9.17, 15) is 22.8 Å². The highest BCUT2D eigenvalue weighted by molar-refractivity contribution is 6.32. The number of aliphatic carboxylic acids is 1. The average Bonchev–Trinajstić information content (AvgIpc) is 3.51. The van der Waals surface area contributed by atoms with Crippen LogP contribution in [0.25, 0.3) is 6.08 Å². The Hall–Kier alpha value is -4.11. The molecule has 2 amide bonds. The van der Waals surface area contributed by atoms with Crippen LogP contribution in [0.15, 0.2) is 30.1 Å². The number of benzene rings is 1. The highest BCUT2D eigenvalue weighted by atomic mass is 35.5. The molecule has 1 aromatic carbocycles. The number of nitrogens with zero attached hydrogens (tertiary/aromatic N) is 3. The number of carbonyl (C=O) groups is 3. The van der Waals surface area contributed by atoms with E-state index in [2.05, 4.69) is 25.9 Å². The van der Waals surface area contributed by atoms with Gasteiger partial charge in [-0.25, -0.2) is 14.8 Å². The van der Waals surface area contributed by atoms with Crippen molar-refractivity contribution < 1.29 is 42.1 Å². The Morgan fingerprint density at radius 3 is 2.48 bits per heavy atom. The molecule has 3 aliphatic rings. The maximum atomic E-state index is 12.8. The topological polar surface area (TPSA) is 155 Å². The molecule has 1 aromatic heterocycles. The Kier molecular flexibility index (Phi) is 13.3. The lowest BCUT2D eigenvalue weighted by molar-refractivity contribution is -0.192. The summed E-state index contributed by atoms with van der Waals surface area (Å²) in [5, 5.41) is 17.1. The maximum absolute atomic E-state index is 12.8. The van der Waals surface area contributed by atoms with Gasteiger partial charge in [-0.2, -0.15) is 13.2 Å². The molecule has 48 heavy (non-hydrogen) atoms. The summed E-state index contributed by atoms with van der Waals surface area (Å²) in [5.41, 5.74) is 2.08. The predicted octanol–water partition coefficient (Wildman–Crippen LogP) is 5.42. The predicted molar refractivity (Wildman–Crippen MR) is 173 cm³/mol. The number of fused-ring (bicyclic) bond motifs is 1. The second kappa shape index (κ2) is 17.3. The van der Waals surface area contributed by atoms with Crippen molar-refractivity contribution in [2.24, 2.45) is 5.92 Å². The van der Waals surface area contributed by atoms with Crippen molar-refractivity contribution in [1.29, 1.82) is 0 Å². The molecule has 12 nitrogen and oxygen atoms in total. The minimum atomic E-state index is -5.08. The van der Waals surface area contributed by atoms with E-state index in [0.29, 0.717) is 72.2 Å². The van der Waals surface area contributed by atoms with Crippen molar-refractivity contribution in [1.82, 2.24) is 20.2 Å². The lowest BCUT2D eigenvalue weighted by atomic mass is 10.0. The van der Waals surface area contributed by atoms with E-state index in [1.165, 1.54) is 19.2 Å². The number of carboxylic acid groups (broad SMARTS) is 1. The Bertz CT molecular complexity index is 1460. The molecular weight excluding hydrogens is 657 g/mol. The Labute approximate surface area is 281 Å². The summed E-state index contributed by atoms with van der Waals surface area (Å²) in [7, 11) is 0. The fourth-order valence-corrected chi connectivity index (χ4v) is 5.85. The first-order valence-electron chi connectivity index (χ1n) is 15.9. The smallest absolute Gasteiger partial charge is 0.489 e. The first-order chi connectivity index (χ1) is 23.0. The Balaban J connectivity index is 0.000000671. The van der Waals surface area contributed by atoms with E-state index in [-0.39, 0.29) is 17.9 Å². The van der Waals surface area contributed by atoms with Gasteiger partial charge >= 0.3 is 12.1 Å². The fraction of sp³-hybridized carbons (Fsp3) is 0.531. The van der Waals surface area contributed by atoms with Crippen LogP contribution in [0.3, 0.4) is 0 Å². The third-order valence-electron chi connectivity index (χ3n) is 8.11. The first kappa shape index (κ1) is 36.7. The summed E-state index contributed by atoms with van der Waals surface area (Å²) in [5.74, 6) is -0.521. The lowest BCUT2D eigenvalue weighted by Gasteiger charge is -2.33. The molecule has 4 N–H and O–H groups in total. The van der Waals surface area contributed by atoms with Crippen molar-refractivity contribution in [3.63, 3.8) is 0 Å². The van der Waals surface area contributed by atoms with E-state index in [0.717, 1.165) is 44.5 Å². The number of nitrogens with one attached hydrogen (secondary N) is 3. The zero-order chi connectivity index (χ0) is 34.7. The van der Waals surface area contributed by atoms with Crippen LogP contribution in [0.1, 0.15) is 57.4 Å². The molecule has 0 bridgehead atoms. The molecular formula is C32H40ClF3N6O6. The minimum absolute atomic E-state index is 0.0193. The van der Waals surface area contributed by atoms with Crippen LogP contribution in [-0.4, -0.2) is 89.4 Å². The molecule has 1 aliphatic carbocycles. The number of alkyl halides is 3. The highest BCUT2D eigenvalue weighted by Gasteiger charge is 2.38. The fourth-order valence-electron chi connectivity index (χ4n) is 5.62. The molecule has 3 heterocycles. The monoisotopic (exact) mass is 696 g/mol. The molecule has 262 valence electrons. The molecule has 16 heteroatoms. The summed E-state index contributed by atoms with van der Waals surface area (Å²) in [6, 6.07) is 5.55. The molecule has 0 unspecified atom stereocenters. The Morgan fingerprint density at radius 2 is 1.83 bits per heavy atom. The van der Waals surface area contributed by atoms with Crippen molar-refractivity contribution in [2.45, 2.75) is 64.1 Å². The van der Waals surface area contributed by atoms with E-state index in [4.69, 9.17) is 31.0 Å². The molecule has 0 radical (unpaired) electrons. The van der Waals surface area contributed by atoms with Crippen molar-refractivity contribution >= 4 is 52.8 Å². The van der Waals surface area contributed by atoms with Crippen LogP contribution in [0.2, 0.25) is 5.02 Å². The molecule has 0 spiro atoms. The second-order valence-corrected chi connectivity index (χ2v) is 11.9. The van der Waals surface area contributed by atoms with Crippen LogP contribution in [0.4, 0.5) is 30.5 Å². The number of piperidine rings is 1. The minimum Gasteiger partial charge on any atom is -0.489 e. The van der Waals surface area contributed by atoms with Crippen LogP contribution >= 0.6 is 11.6 Å². The van der Waals surface area contributed by atoms with Crippen molar-refractivity contribution in [3.05, 3.63) is 40.7 Å². The van der Waals surface area contributed by atoms with Gasteiger partial charge in [0.1, 0.15) is 29.8 Å². The average molecular weight is 697 g/mol. The summed E-state index contributed by atoms with van der Waals surface area (Å²) >= 11 is 6.64. The number of anilines is 3. The molecule has 2 fully saturated rings. The lowest BCUT2D eigenvalue weighted by Crippen LogP contribution is -2.44. The third-order valence-corrected chi connectivity index (χ3v) is 8.40. The van der Waals surface area contributed by atoms with Crippen LogP contribution in [-0.2, 0) is 19.1 Å². The van der Waals surface area contributed by atoms with Gasteiger partial charge < -0.3 is 35.4 Å². The van der Waals surface area contributed by atoms with Gasteiger partial charge in [0, 0.05) is 62.8 Å². The standard InChI is InChI=1S/C30H39ClN6O4.C2HF3O2/c1-2-40-16-13-33-29(38)21-9-12-32-27-24(17-21)28(35-19-34-27)36-22-7-8-26(25(31)18-22)41-23-10-14-37(15-11-23)30(39)20-5-3-4-6-20;3-2(4,5)1(6)7/h7-8,17-20,23H,2-6,9-16H2,1H3,(H,33,38)(H2,32,34,35,36);(H,6,7). The molecule has 1 saturated carbocycles. The molecule has 1 saturated heterocycles. The van der Waals surface area contributed by atoms with Crippen molar-refractivity contribution in [3.8, 4) is 5.75 Å². The van der Waals surface area contributed by atoms with Gasteiger partial charge in [-0.1, -0.05) is 24.4 Å². The van der Waals surface area contributed by atoms with Gasteiger partial charge in [0.05, 0.1) is 17.2 Å². The van der Waals surface area contributed by atoms with E-state index in [1.807, 2.05) is 30.0 Å². The summed E-state index contributed by atoms with van der Waals surface area (Å²) in [6.07, 6.45) is 4.79. The highest BCUT2D eigenvalue weighted by Crippen LogP contribution is 2.34. The molecule has 2 aliphatic heterocycles. The number of halogens is 4. The number of hydrogen-bond acceptors (Lipinski definition) is 9. The van der Waals surface area contributed by atoms with Crippen LogP contribution in [0.5, 0.6) is 5.75 Å². The number of aromatic nitrogens is 2. The zero-order valence-electron chi connectivity index (χ0n) is 26.6. The van der Waals surface area contributed by atoms with Gasteiger partial charge in [-0.05, 0) is 50.5 Å². The number of hydrogen-bond donors (Lipinski definition) is 4. The summed E-state index contributed by atoms with van der Waals surface area (Å²) in [6.45, 7) is 5.49. The number of carbonyl (C=O) groups excluding carboxylic acids is 2. The molecule has 5 rings (SSSR count). The van der Waals surface area contributed by atoms with E-state index < -0.39 is 12.1 Å². The summed E-state index contributed by atoms with van der Waals surface area (Å²) in [4.78, 5) is 45.2. The van der Waals surface area contributed by atoms with Gasteiger partial charge in [0.2, 0.25) is 11.8 Å². The van der Waals surface area contributed by atoms with Gasteiger partial charge in [0.15, 0.2) is 0 Å². The van der Waals surface area contributed by atoms with Gasteiger partial charge in [-0.15, -0.1) is 0 Å².